The van der Waals surface area contributed by atoms with Crippen LogP contribution in [0.2, 0.25) is 0 Å². The van der Waals surface area contributed by atoms with Crippen molar-refractivity contribution in [2.24, 2.45) is 0 Å². The SMILES string of the molecule is [B]C1C[CH-]C(COC)O1.[B]C1C[CH-]C(COC)O1.[B]C1OC([CH2-])CC1OC.[Y+3]. The van der Waals surface area contributed by atoms with Crippen LogP contribution in [-0.4, -0.2) is 101 Å². The Morgan fingerprint density at radius 2 is 1.36 bits per heavy atom. The second-order valence-electron chi connectivity index (χ2n) is 6.51. The van der Waals surface area contributed by atoms with E-state index >= 15 is 0 Å². The molecule has 3 heterocycles. The summed E-state index contributed by atoms with van der Waals surface area (Å²) in [4.78, 5) is 0. The van der Waals surface area contributed by atoms with E-state index in [0.29, 0.717) is 13.2 Å². The van der Waals surface area contributed by atoms with Gasteiger partial charge in [-0.2, -0.15) is 12.8 Å². The van der Waals surface area contributed by atoms with Crippen LogP contribution in [0.1, 0.15) is 19.3 Å². The van der Waals surface area contributed by atoms with Crippen molar-refractivity contribution < 1.29 is 61.1 Å². The topological polar surface area (TPSA) is 55.4 Å². The van der Waals surface area contributed by atoms with Crippen LogP contribution in [0.25, 0.3) is 0 Å². The molecule has 3 aliphatic heterocycles. The van der Waals surface area contributed by atoms with Crippen LogP contribution in [0.15, 0.2) is 0 Å². The Balaban J connectivity index is 0.000000384. The second-order valence-corrected chi connectivity index (χ2v) is 6.51. The van der Waals surface area contributed by atoms with Gasteiger partial charge < -0.3 is 35.3 Å². The first-order valence-corrected chi connectivity index (χ1v) is 9.13. The molecule has 0 bridgehead atoms. The number of methoxy groups -OCH3 is 3. The second kappa shape index (κ2) is 16.7. The van der Waals surface area contributed by atoms with Crippen LogP contribution >= 0.6 is 0 Å². The molecule has 3 saturated heterocycles. The van der Waals surface area contributed by atoms with Gasteiger partial charge in [0.1, 0.15) is 23.5 Å². The maximum absolute atomic E-state index is 5.49. The number of hydrogen-bond donors (Lipinski definition) is 0. The Morgan fingerprint density at radius 1 is 0.893 bits per heavy atom. The Labute approximate surface area is 199 Å². The molecule has 0 aliphatic carbocycles. The van der Waals surface area contributed by atoms with Crippen molar-refractivity contribution in [2.75, 3.05) is 34.5 Å². The van der Waals surface area contributed by atoms with Gasteiger partial charge in [-0.25, -0.2) is 0 Å². The molecule has 3 rings (SSSR count). The third kappa shape index (κ3) is 12.0. The van der Waals surface area contributed by atoms with Gasteiger partial charge in [-0.15, -0.1) is 0 Å². The summed E-state index contributed by atoms with van der Waals surface area (Å²) in [6.45, 7) is 4.94. The van der Waals surface area contributed by atoms with E-state index in [1.807, 2.05) is 12.8 Å². The average Bonchev–Trinajstić information content (AvgIpc) is 3.31. The van der Waals surface area contributed by atoms with Crippen molar-refractivity contribution in [3.8, 4) is 0 Å². The monoisotopic (exact) mass is 464 g/mol. The van der Waals surface area contributed by atoms with E-state index in [0.717, 1.165) is 19.3 Å². The maximum atomic E-state index is 5.49. The van der Waals surface area contributed by atoms with Gasteiger partial charge in [-0.05, 0) is 30.6 Å². The molecule has 3 fully saturated rings. The Kier molecular flexibility index (Phi) is 17.3. The fourth-order valence-electron chi connectivity index (χ4n) is 2.78. The molecule has 6 nitrogen and oxygen atoms in total. The van der Waals surface area contributed by atoms with E-state index in [-0.39, 0.29) is 75.1 Å². The molecule has 0 aromatic carbocycles. The van der Waals surface area contributed by atoms with Crippen LogP contribution in [0.3, 0.4) is 0 Å². The molecule has 150 valence electrons. The largest absolute Gasteiger partial charge is 3.00 e. The predicted octanol–water partition coefficient (Wildman–Crippen LogP) is 0.358. The zero-order chi connectivity index (χ0) is 20.2. The summed E-state index contributed by atoms with van der Waals surface area (Å²) in [6, 6.07) is -0.493. The van der Waals surface area contributed by atoms with Gasteiger partial charge in [0.25, 0.3) is 0 Å². The number of hydrogen-bond acceptors (Lipinski definition) is 6. The Morgan fingerprint density at radius 3 is 1.57 bits per heavy atom. The fourth-order valence-corrected chi connectivity index (χ4v) is 2.78. The zero-order valence-electron chi connectivity index (χ0n) is 17.2. The van der Waals surface area contributed by atoms with Gasteiger partial charge in [0.15, 0.2) is 0 Å². The van der Waals surface area contributed by atoms with E-state index in [2.05, 4.69) is 6.92 Å². The smallest absolute Gasteiger partial charge is 0.417 e. The summed E-state index contributed by atoms with van der Waals surface area (Å²) < 4.78 is 30.2. The molecule has 0 spiro atoms. The molecule has 7 atom stereocenters. The van der Waals surface area contributed by atoms with E-state index < -0.39 is 0 Å². The molecule has 3 aliphatic rings. The van der Waals surface area contributed by atoms with E-state index in [9.17, 15) is 0 Å². The molecule has 6 radical (unpaired) electrons. The van der Waals surface area contributed by atoms with Crippen LogP contribution in [0, 0.1) is 19.8 Å². The number of ether oxygens (including phenoxy) is 6. The minimum Gasteiger partial charge on any atom is -0.417 e. The summed E-state index contributed by atoms with van der Waals surface area (Å²) in [7, 11) is 21.3. The maximum Gasteiger partial charge on any atom is 3.00 e. The van der Waals surface area contributed by atoms with Crippen molar-refractivity contribution >= 4 is 23.5 Å². The molecule has 0 aromatic heterocycles. The normalized spacial score (nSPS) is 36.6. The zero-order valence-corrected chi connectivity index (χ0v) is 20.0. The minimum atomic E-state index is -0.280. The molecule has 0 N–H and O–H groups in total. The average molecular weight is 464 g/mol. The minimum absolute atomic E-state index is 0. The van der Waals surface area contributed by atoms with Gasteiger partial charge in [0.05, 0.1) is 6.10 Å². The molecular weight excluding hydrogens is 434 g/mol. The summed E-state index contributed by atoms with van der Waals surface area (Å²) >= 11 is 0. The molecule has 0 amide bonds. The first-order valence-electron chi connectivity index (χ1n) is 9.13. The van der Waals surface area contributed by atoms with Crippen LogP contribution in [-0.2, 0) is 61.1 Å². The van der Waals surface area contributed by atoms with Gasteiger partial charge in [0.2, 0.25) is 0 Å². The van der Waals surface area contributed by atoms with Gasteiger partial charge in [-0.1, -0.05) is 6.10 Å². The molecule has 10 heteroatoms. The van der Waals surface area contributed by atoms with Crippen molar-refractivity contribution in [3.63, 3.8) is 0 Å². The summed E-state index contributed by atoms with van der Waals surface area (Å²) in [6.07, 6.45) is 6.83. The van der Waals surface area contributed by atoms with Crippen molar-refractivity contribution in [3.05, 3.63) is 19.8 Å². The molecule has 0 saturated carbocycles. The third-order valence-corrected chi connectivity index (χ3v) is 4.14. The summed E-state index contributed by atoms with van der Waals surface area (Å²) in [5.74, 6) is 0. The van der Waals surface area contributed by atoms with E-state index in [1.54, 1.807) is 21.3 Å². The first-order chi connectivity index (χ1) is 12.9. The molecule has 28 heavy (non-hydrogen) atoms. The van der Waals surface area contributed by atoms with Gasteiger partial charge >= 0.3 is 32.7 Å². The van der Waals surface area contributed by atoms with Gasteiger partial charge in [0, 0.05) is 40.5 Å². The van der Waals surface area contributed by atoms with Gasteiger partial charge in [-0.3, -0.25) is 12.8 Å². The number of rotatable bonds is 5. The van der Waals surface area contributed by atoms with E-state index in [1.165, 1.54) is 0 Å². The quantitative estimate of drug-likeness (QED) is 0.433. The van der Waals surface area contributed by atoms with Crippen molar-refractivity contribution in [1.29, 1.82) is 0 Å². The van der Waals surface area contributed by atoms with Crippen LogP contribution in [0.5, 0.6) is 0 Å². The summed E-state index contributed by atoms with van der Waals surface area (Å²) in [5, 5.41) is 0. The predicted molar refractivity (Wildman–Crippen MR) is 106 cm³/mol. The molecule has 0 aromatic rings. The molecular formula is C18H30B3O6Y. The fraction of sp³-hybridized carbons (Fsp3) is 0.833. The van der Waals surface area contributed by atoms with E-state index in [4.69, 9.17) is 52.0 Å². The molecule has 7 unspecified atom stereocenters. The standard InChI is InChI=1S/3C6H10BO2.Y/c1-4-3-5(8-2)6(7)9-4;2*1-8-4-5-2-3-6(7)9-5;/h4-6H,1,3H2,2H3;2*2,5-6H,3-4H2,1H3;/q3*-1;+3. The van der Waals surface area contributed by atoms with Crippen molar-refractivity contribution in [2.45, 2.75) is 61.7 Å². The third-order valence-electron chi connectivity index (χ3n) is 4.14. The first kappa shape index (κ1) is 29.1. The van der Waals surface area contributed by atoms with Crippen molar-refractivity contribution in [1.82, 2.24) is 0 Å². The van der Waals surface area contributed by atoms with Crippen LogP contribution in [0.4, 0.5) is 0 Å². The Bertz CT molecular complexity index is 359. The van der Waals surface area contributed by atoms with Crippen LogP contribution < -0.4 is 0 Å². The Hall–Kier alpha value is 1.06. The summed E-state index contributed by atoms with van der Waals surface area (Å²) in [5.41, 5.74) is 0.